The summed E-state index contributed by atoms with van der Waals surface area (Å²) >= 11 is 1.06. The second kappa shape index (κ2) is 11.2. The molecule has 1 aliphatic heterocycles. The first-order valence-electron chi connectivity index (χ1n) is 11.9. The number of amides is 1. The number of pyridine rings is 1. The number of nitrogens with one attached hydrogen (secondary N) is 3. The van der Waals surface area contributed by atoms with E-state index in [0.29, 0.717) is 29.1 Å². The highest BCUT2D eigenvalue weighted by molar-refractivity contribution is 8.05. The largest absolute Gasteiger partial charge is 0.364 e. The number of hydrogen-bond donors (Lipinski definition) is 4. The van der Waals surface area contributed by atoms with Crippen LogP contribution in [0.25, 0.3) is 17.2 Å². The lowest BCUT2D eigenvalue weighted by molar-refractivity contribution is -0.117. The first-order valence-corrected chi connectivity index (χ1v) is 12.8. The lowest BCUT2D eigenvalue weighted by Gasteiger charge is -2.30. The lowest BCUT2D eigenvalue weighted by Crippen LogP contribution is -2.37. The molecule has 1 saturated carbocycles. The molecule has 1 atom stereocenters. The molecule has 0 bridgehead atoms. The van der Waals surface area contributed by atoms with E-state index in [9.17, 15) is 14.3 Å². The molecule has 186 valence electrons. The summed E-state index contributed by atoms with van der Waals surface area (Å²) in [6.07, 6.45) is 10.7. The number of anilines is 1. The highest BCUT2D eigenvalue weighted by atomic mass is 32.2. The maximum Gasteiger partial charge on any atom is 0.260 e. The second-order valence-corrected chi connectivity index (χ2v) is 10.00. The van der Waals surface area contributed by atoms with Gasteiger partial charge in [0, 0.05) is 42.8 Å². The first kappa shape index (κ1) is 24.4. The van der Waals surface area contributed by atoms with Crippen LogP contribution in [0.15, 0.2) is 59.9 Å². The van der Waals surface area contributed by atoms with Crippen LogP contribution in [0.4, 0.5) is 10.3 Å². The number of nitrogens with zero attached hydrogens (tertiary/aromatic N) is 3. The summed E-state index contributed by atoms with van der Waals surface area (Å²) in [5.41, 5.74) is 2.50. The van der Waals surface area contributed by atoms with Gasteiger partial charge >= 0.3 is 0 Å². The summed E-state index contributed by atoms with van der Waals surface area (Å²) < 4.78 is 13.9. The van der Waals surface area contributed by atoms with Crippen LogP contribution in [0.2, 0.25) is 0 Å². The van der Waals surface area contributed by atoms with Crippen molar-refractivity contribution in [2.24, 2.45) is 0 Å². The molecule has 3 heterocycles. The predicted molar refractivity (Wildman–Crippen MR) is 138 cm³/mol. The Morgan fingerprint density at radius 2 is 1.97 bits per heavy atom. The Balaban J connectivity index is 1.14. The van der Waals surface area contributed by atoms with E-state index in [1.165, 1.54) is 6.07 Å². The molecule has 10 heteroatoms. The summed E-state index contributed by atoms with van der Waals surface area (Å²) in [5.74, 6) is -0.0358. The zero-order chi connectivity index (χ0) is 24.9. The highest BCUT2D eigenvalue weighted by Gasteiger charge is 2.25. The molecule has 1 amide bonds. The molecule has 2 aliphatic rings. The third kappa shape index (κ3) is 6.07. The van der Waals surface area contributed by atoms with Crippen molar-refractivity contribution in [1.82, 2.24) is 25.6 Å². The smallest absolute Gasteiger partial charge is 0.260 e. The topological polar surface area (TPSA) is 112 Å². The number of benzene rings is 1. The van der Waals surface area contributed by atoms with Gasteiger partial charge in [-0.3, -0.25) is 9.78 Å². The highest BCUT2D eigenvalue weighted by Crippen LogP contribution is 2.28. The van der Waals surface area contributed by atoms with Gasteiger partial charge in [0.05, 0.1) is 10.6 Å². The van der Waals surface area contributed by atoms with Crippen LogP contribution < -0.4 is 16.0 Å². The monoisotopic (exact) mass is 506 g/mol. The van der Waals surface area contributed by atoms with Gasteiger partial charge in [-0.05, 0) is 67.2 Å². The molecule has 3 aromatic rings. The maximum absolute atomic E-state index is 13.9. The van der Waals surface area contributed by atoms with E-state index in [0.717, 1.165) is 54.1 Å². The zero-order valence-corrected chi connectivity index (χ0v) is 20.3. The molecule has 0 radical (unpaired) electrons. The van der Waals surface area contributed by atoms with E-state index in [-0.39, 0.29) is 17.8 Å². The van der Waals surface area contributed by atoms with Crippen molar-refractivity contribution in [1.29, 1.82) is 0 Å². The van der Waals surface area contributed by atoms with Gasteiger partial charge in [-0.2, -0.15) is 0 Å². The predicted octanol–water partition coefficient (Wildman–Crippen LogP) is 3.67. The van der Waals surface area contributed by atoms with Gasteiger partial charge in [0.2, 0.25) is 5.95 Å². The normalized spacial score (nSPS) is 23.0. The van der Waals surface area contributed by atoms with Crippen LogP contribution in [-0.2, 0) is 11.3 Å². The van der Waals surface area contributed by atoms with Crippen molar-refractivity contribution >= 4 is 29.7 Å². The number of aliphatic hydroxyl groups excluding tert-OH is 1. The minimum absolute atomic E-state index is 0.255. The fourth-order valence-corrected chi connectivity index (χ4v) is 5.28. The number of hydrogen-bond acceptors (Lipinski definition) is 8. The molecular formula is C26H27FN6O2S. The average Bonchev–Trinajstić information content (AvgIpc) is 3.21. The fourth-order valence-electron chi connectivity index (χ4n) is 4.52. The Labute approximate surface area is 212 Å². The Kier molecular flexibility index (Phi) is 7.55. The third-order valence-electron chi connectivity index (χ3n) is 6.36. The Bertz CT molecular complexity index is 1250. The van der Waals surface area contributed by atoms with Gasteiger partial charge in [0.1, 0.15) is 5.82 Å². The number of thioether (sulfide) groups is 1. The van der Waals surface area contributed by atoms with Crippen LogP contribution in [-0.4, -0.2) is 43.6 Å². The molecular weight excluding hydrogens is 479 g/mol. The van der Waals surface area contributed by atoms with Crippen molar-refractivity contribution in [2.45, 2.75) is 49.9 Å². The van der Waals surface area contributed by atoms with E-state index >= 15 is 0 Å². The molecule has 5 rings (SSSR count). The summed E-state index contributed by atoms with van der Waals surface area (Å²) in [4.78, 5) is 25.2. The second-order valence-electron chi connectivity index (χ2n) is 8.87. The van der Waals surface area contributed by atoms with E-state index in [1.54, 1.807) is 36.8 Å². The van der Waals surface area contributed by atoms with Crippen molar-refractivity contribution in [3.63, 3.8) is 0 Å². The minimum atomic E-state index is -0.919. The summed E-state index contributed by atoms with van der Waals surface area (Å²) in [6.45, 7) is 0.660. The van der Waals surface area contributed by atoms with Crippen molar-refractivity contribution in [3.8, 4) is 11.1 Å². The molecule has 1 aliphatic carbocycles. The van der Waals surface area contributed by atoms with Crippen LogP contribution in [0.5, 0.6) is 0 Å². The molecule has 2 fully saturated rings. The van der Waals surface area contributed by atoms with Gasteiger partial charge in [-0.15, -0.1) is 0 Å². The quantitative estimate of drug-likeness (QED) is 0.359. The summed E-state index contributed by atoms with van der Waals surface area (Å²) in [7, 11) is 0. The third-order valence-corrected chi connectivity index (χ3v) is 7.26. The molecule has 1 saturated heterocycles. The van der Waals surface area contributed by atoms with Gasteiger partial charge < -0.3 is 21.1 Å². The number of halogens is 1. The number of rotatable bonds is 7. The molecule has 4 N–H and O–H groups in total. The number of aliphatic hydroxyl groups is 1. The van der Waals surface area contributed by atoms with Crippen LogP contribution in [0, 0.1) is 5.82 Å². The number of carbonyl (C=O) groups is 1. The maximum atomic E-state index is 13.9. The molecule has 36 heavy (non-hydrogen) atoms. The van der Waals surface area contributed by atoms with E-state index in [1.807, 2.05) is 18.2 Å². The fraction of sp³-hybridized carbons (Fsp3) is 0.308. The Morgan fingerprint density at radius 3 is 2.72 bits per heavy atom. The van der Waals surface area contributed by atoms with Crippen molar-refractivity contribution < 1.29 is 14.3 Å². The Morgan fingerprint density at radius 1 is 1.14 bits per heavy atom. The van der Waals surface area contributed by atoms with Gasteiger partial charge in [0.25, 0.3) is 5.91 Å². The lowest BCUT2D eigenvalue weighted by atomic mass is 9.91. The van der Waals surface area contributed by atoms with Crippen molar-refractivity contribution in [3.05, 3.63) is 77.0 Å². The van der Waals surface area contributed by atoms with Crippen molar-refractivity contribution in [2.75, 3.05) is 5.32 Å². The molecule has 0 spiro atoms. The first-order chi connectivity index (χ1) is 17.5. The molecule has 1 unspecified atom stereocenters. The van der Waals surface area contributed by atoms with Crippen LogP contribution in [0.3, 0.4) is 0 Å². The average molecular weight is 507 g/mol. The summed E-state index contributed by atoms with van der Waals surface area (Å²) in [6, 6.07) is 11.1. The van der Waals surface area contributed by atoms with Gasteiger partial charge in [0.15, 0.2) is 5.56 Å². The minimum Gasteiger partial charge on any atom is -0.364 e. The molecule has 8 nitrogen and oxygen atoms in total. The van der Waals surface area contributed by atoms with E-state index in [4.69, 9.17) is 0 Å². The molecule has 2 aromatic heterocycles. The zero-order valence-electron chi connectivity index (χ0n) is 19.5. The van der Waals surface area contributed by atoms with Gasteiger partial charge in [-0.25, -0.2) is 14.4 Å². The molecule has 1 aromatic carbocycles. The van der Waals surface area contributed by atoms with Crippen LogP contribution in [0.1, 0.15) is 36.9 Å². The standard InChI is InChI=1S/C26H27FN6O2S/c27-18-4-3-17(22(12-18)16-2-1-10-28-14-16)15-30-19-5-7-20(8-6-19)31-25-29-11-9-21(32-25)13-23-24(34)33-26(35)36-23/h1-4,9-14,19-20,26,30,35H,5-8,15H2,(H,33,34)(H,29,31,32)/b23-13-/t19-,20-,26?. The number of carbonyl (C=O) groups excluding carboxylic acids is 1. The summed E-state index contributed by atoms with van der Waals surface area (Å²) in [5, 5.41) is 19.0. The number of aromatic nitrogens is 3. The van der Waals surface area contributed by atoms with Gasteiger partial charge in [-0.1, -0.05) is 23.9 Å². The van der Waals surface area contributed by atoms with Crippen LogP contribution >= 0.6 is 11.8 Å². The van der Waals surface area contributed by atoms with E-state index in [2.05, 4.69) is 30.9 Å². The SMILES string of the molecule is O=C1NC(O)S/C1=C\c1ccnc(N[C@H]2CC[C@H](NCc3ccc(F)cc3-c3cccnc3)CC2)n1. The Hall–Kier alpha value is -3.34. The van der Waals surface area contributed by atoms with E-state index < -0.39 is 5.56 Å².